The van der Waals surface area contributed by atoms with Gasteiger partial charge < -0.3 is 14.7 Å². The summed E-state index contributed by atoms with van der Waals surface area (Å²) in [4.78, 5) is 16.4. The molecule has 1 heterocycles. The van der Waals surface area contributed by atoms with Crippen molar-refractivity contribution in [2.75, 3.05) is 26.7 Å². The number of hydrogen-bond donors (Lipinski definition) is 1. The topological polar surface area (TPSA) is 53.0 Å². The average Bonchev–Trinajstić information content (AvgIpc) is 3.04. The highest BCUT2D eigenvalue weighted by Crippen LogP contribution is 2.25. The summed E-state index contributed by atoms with van der Waals surface area (Å²) in [5.74, 6) is 1.17. The molecule has 1 saturated carbocycles. The van der Waals surface area contributed by atoms with Gasteiger partial charge in [-0.2, -0.15) is 0 Å². The number of rotatable bonds is 7. The lowest BCUT2D eigenvalue weighted by Crippen LogP contribution is -2.43. The number of aliphatic hydroxyl groups is 1. The summed E-state index contributed by atoms with van der Waals surface area (Å²) in [7, 11) is 1.69. The lowest BCUT2D eigenvalue weighted by Gasteiger charge is -2.36. The third-order valence-corrected chi connectivity index (χ3v) is 5.53. The summed E-state index contributed by atoms with van der Waals surface area (Å²) in [5.41, 5.74) is 1.23. The second kappa shape index (κ2) is 8.68. The molecule has 2 aliphatic rings. The van der Waals surface area contributed by atoms with E-state index < -0.39 is 0 Å². The van der Waals surface area contributed by atoms with E-state index in [-0.39, 0.29) is 6.10 Å². The Morgan fingerprint density at radius 1 is 1.28 bits per heavy atom. The van der Waals surface area contributed by atoms with Gasteiger partial charge >= 0.3 is 0 Å². The Kier molecular flexibility index (Phi) is 6.32. The first-order chi connectivity index (χ1) is 12.2. The molecule has 1 aromatic rings. The molecule has 0 aromatic heterocycles. The summed E-state index contributed by atoms with van der Waals surface area (Å²) in [6.45, 7) is 3.46. The largest absolute Gasteiger partial charge is 0.497 e. The van der Waals surface area contributed by atoms with Crippen LogP contribution in [0.4, 0.5) is 0 Å². The Morgan fingerprint density at radius 2 is 2.08 bits per heavy atom. The van der Waals surface area contributed by atoms with Crippen molar-refractivity contribution in [3.8, 4) is 5.75 Å². The molecule has 0 radical (unpaired) electrons. The zero-order chi connectivity index (χ0) is 17.6. The highest BCUT2D eigenvalue weighted by atomic mass is 16.5. The molecular weight excluding hydrogens is 316 g/mol. The number of ether oxygens (including phenoxy) is 1. The molecule has 1 aliphatic heterocycles. The van der Waals surface area contributed by atoms with E-state index in [2.05, 4.69) is 17.0 Å². The van der Waals surface area contributed by atoms with Crippen molar-refractivity contribution in [1.82, 2.24) is 9.80 Å². The SMILES string of the molecule is COc1cccc(CN(CCN2CCCC2=O)C2CCC(O)CC2)c1. The van der Waals surface area contributed by atoms with Crippen molar-refractivity contribution >= 4 is 5.91 Å². The summed E-state index contributed by atoms with van der Waals surface area (Å²) in [5, 5.41) is 9.82. The molecule has 2 fully saturated rings. The summed E-state index contributed by atoms with van der Waals surface area (Å²) in [6.07, 6.45) is 5.35. The van der Waals surface area contributed by atoms with Gasteiger partial charge in [0.05, 0.1) is 13.2 Å². The number of aliphatic hydroxyl groups excluding tert-OH is 1. The van der Waals surface area contributed by atoms with Gasteiger partial charge in [0.1, 0.15) is 5.75 Å². The Hall–Kier alpha value is -1.59. The lowest BCUT2D eigenvalue weighted by molar-refractivity contribution is -0.128. The fourth-order valence-corrected chi connectivity index (χ4v) is 4.01. The van der Waals surface area contributed by atoms with Crippen LogP contribution < -0.4 is 4.74 Å². The van der Waals surface area contributed by atoms with Gasteiger partial charge in [-0.1, -0.05) is 12.1 Å². The predicted molar refractivity (Wildman–Crippen MR) is 97.5 cm³/mol. The zero-order valence-corrected chi connectivity index (χ0v) is 15.2. The Morgan fingerprint density at radius 3 is 2.76 bits per heavy atom. The number of benzene rings is 1. The van der Waals surface area contributed by atoms with E-state index in [0.29, 0.717) is 18.4 Å². The smallest absolute Gasteiger partial charge is 0.222 e. The third-order valence-electron chi connectivity index (χ3n) is 5.53. The van der Waals surface area contributed by atoms with Crippen LogP contribution in [0.1, 0.15) is 44.1 Å². The van der Waals surface area contributed by atoms with Gasteiger partial charge in [-0.05, 0) is 49.8 Å². The van der Waals surface area contributed by atoms with Crippen molar-refractivity contribution < 1.29 is 14.6 Å². The standard InChI is InChI=1S/C20H30N2O3/c1-25-19-5-2-4-16(14-19)15-22(17-7-9-18(23)10-8-17)13-12-21-11-3-6-20(21)24/h2,4-5,14,17-18,23H,3,6-13,15H2,1H3. The predicted octanol–water partition coefficient (Wildman–Crippen LogP) is 2.42. The molecule has 3 rings (SSSR count). The molecule has 0 unspecified atom stereocenters. The molecule has 0 atom stereocenters. The minimum atomic E-state index is -0.143. The first-order valence-corrected chi connectivity index (χ1v) is 9.48. The number of methoxy groups -OCH3 is 1. The Bertz CT molecular complexity index is 570. The van der Waals surface area contributed by atoms with E-state index in [4.69, 9.17) is 4.74 Å². The number of carbonyl (C=O) groups is 1. The van der Waals surface area contributed by atoms with Crippen LogP contribution in [0.5, 0.6) is 5.75 Å². The van der Waals surface area contributed by atoms with Crippen LogP contribution in [0.15, 0.2) is 24.3 Å². The van der Waals surface area contributed by atoms with Gasteiger partial charge in [0.15, 0.2) is 0 Å². The zero-order valence-electron chi connectivity index (χ0n) is 15.2. The number of likely N-dealkylation sites (tertiary alicyclic amines) is 1. The minimum absolute atomic E-state index is 0.143. The van der Waals surface area contributed by atoms with E-state index in [1.54, 1.807) is 7.11 Å². The van der Waals surface area contributed by atoms with E-state index in [1.807, 2.05) is 17.0 Å². The van der Waals surface area contributed by atoms with E-state index >= 15 is 0 Å². The van der Waals surface area contributed by atoms with E-state index in [1.165, 1.54) is 5.56 Å². The van der Waals surface area contributed by atoms with Crippen LogP contribution in [0.3, 0.4) is 0 Å². The van der Waals surface area contributed by atoms with Gasteiger partial charge in [0, 0.05) is 38.6 Å². The molecule has 5 heteroatoms. The van der Waals surface area contributed by atoms with Crippen molar-refractivity contribution in [3.05, 3.63) is 29.8 Å². The lowest BCUT2D eigenvalue weighted by atomic mass is 9.91. The highest BCUT2D eigenvalue weighted by Gasteiger charge is 2.27. The molecule has 1 aromatic carbocycles. The number of amides is 1. The maximum atomic E-state index is 11.9. The molecule has 0 bridgehead atoms. The normalized spacial score (nSPS) is 24.1. The summed E-state index contributed by atoms with van der Waals surface area (Å²) >= 11 is 0. The Labute approximate surface area is 150 Å². The van der Waals surface area contributed by atoms with E-state index in [0.717, 1.165) is 64.0 Å². The van der Waals surface area contributed by atoms with Crippen LogP contribution in [-0.2, 0) is 11.3 Å². The third kappa shape index (κ3) is 4.95. The van der Waals surface area contributed by atoms with E-state index in [9.17, 15) is 9.90 Å². The van der Waals surface area contributed by atoms with Gasteiger partial charge in [-0.25, -0.2) is 0 Å². The fraction of sp³-hybridized carbons (Fsp3) is 0.650. The maximum Gasteiger partial charge on any atom is 0.222 e. The average molecular weight is 346 g/mol. The van der Waals surface area contributed by atoms with Gasteiger partial charge in [-0.15, -0.1) is 0 Å². The summed E-state index contributed by atoms with van der Waals surface area (Å²) < 4.78 is 5.35. The molecule has 0 spiro atoms. The van der Waals surface area contributed by atoms with Crippen molar-refractivity contribution in [2.45, 2.75) is 57.2 Å². The van der Waals surface area contributed by atoms with Gasteiger partial charge in [-0.3, -0.25) is 9.69 Å². The Balaban J connectivity index is 1.65. The second-order valence-corrected chi connectivity index (χ2v) is 7.27. The second-order valence-electron chi connectivity index (χ2n) is 7.27. The number of nitrogens with zero attached hydrogens (tertiary/aromatic N) is 2. The van der Waals surface area contributed by atoms with Gasteiger partial charge in [0.25, 0.3) is 0 Å². The highest BCUT2D eigenvalue weighted by molar-refractivity contribution is 5.78. The minimum Gasteiger partial charge on any atom is -0.497 e. The van der Waals surface area contributed by atoms with Crippen LogP contribution in [0.2, 0.25) is 0 Å². The van der Waals surface area contributed by atoms with Gasteiger partial charge in [0.2, 0.25) is 5.91 Å². The molecule has 1 aliphatic carbocycles. The monoisotopic (exact) mass is 346 g/mol. The van der Waals surface area contributed by atoms with Crippen LogP contribution in [0.25, 0.3) is 0 Å². The van der Waals surface area contributed by atoms with Crippen molar-refractivity contribution in [1.29, 1.82) is 0 Å². The van der Waals surface area contributed by atoms with Crippen LogP contribution >= 0.6 is 0 Å². The number of hydrogen-bond acceptors (Lipinski definition) is 4. The van der Waals surface area contributed by atoms with Crippen molar-refractivity contribution in [2.24, 2.45) is 0 Å². The first-order valence-electron chi connectivity index (χ1n) is 9.48. The molecular formula is C20H30N2O3. The molecule has 1 amide bonds. The van der Waals surface area contributed by atoms with Crippen molar-refractivity contribution in [3.63, 3.8) is 0 Å². The molecule has 1 N–H and O–H groups in total. The fourth-order valence-electron chi connectivity index (χ4n) is 4.01. The number of carbonyl (C=O) groups excluding carboxylic acids is 1. The maximum absolute atomic E-state index is 11.9. The quantitative estimate of drug-likeness (QED) is 0.824. The molecule has 5 nitrogen and oxygen atoms in total. The molecule has 25 heavy (non-hydrogen) atoms. The molecule has 138 valence electrons. The first kappa shape index (κ1) is 18.2. The molecule has 1 saturated heterocycles. The summed E-state index contributed by atoms with van der Waals surface area (Å²) in [6, 6.07) is 8.70. The van der Waals surface area contributed by atoms with Crippen LogP contribution in [0, 0.1) is 0 Å². The van der Waals surface area contributed by atoms with Crippen LogP contribution in [-0.4, -0.2) is 59.7 Å².